The first kappa shape index (κ1) is 22.9. The summed E-state index contributed by atoms with van der Waals surface area (Å²) in [4.78, 5) is 0. The fraction of sp³-hybridized carbons (Fsp3) is 1.00. The maximum Gasteiger partial charge on any atom is 0.110 e. The van der Waals surface area contributed by atoms with E-state index in [0.29, 0.717) is 19.8 Å². The Morgan fingerprint density at radius 2 is 1.44 bits per heavy atom. The topological polar surface area (TPSA) is 125 Å². The van der Waals surface area contributed by atoms with Crippen molar-refractivity contribution >= 4 is 0 Å². The maximum absolute atomic E-state index is 9.31. The van der Waals surface area contributed by atoms with Gasteiger partial charge in [0.1, 0.15) is 18.3 Å². The number of hydrogen-bond acceptors (Lipinski definition) is 7. The molecular weight excluding hydrogens is 242 g/mol. The highest BCUT2D eigenvalue weighted by Gasteiger charge is 2.23. The van der Waals surface area contributed by atoms with Gasteiger partial charge < -0.3 is 35.6 Å². The summed E-state index contributed by atoms with van der Waals surface area (Å²) in [5.41, 5.74) is 5.19. The average Bonchev–Trinajstić information content (AvgIpc) is 2.31. The summed E-state index contributed by atoms with van der Waals surface area (Å²) in [7, 11) is 0. The minimum absolute atomic E-state index is 0. The lowest BCUT2D eigenvalue weighted by atomic mass is 10.1. The van der Waals surface area contributed by atoms with Crippen LogP contribution in [0.1, 0.15) is 14.9 Å². The summed E-state index contributed by atoms with van der Waals surface area (Å²) < 4.78 is 10.00. The van der Waals surface area contributed by atoms with Crippen LogP contribution in [0.3, 0.4) is 0 Å². The van der Waals surface area contributed by atoms with Crippen LogP contribution in [0.4, 0.5) is 0 Å². The van der Waals surface area contributed by atoms with E-state index >= 15 is 0 Å². The van der Waals surface area contributed by atoms with Gasteiger partial charge in [-0.1, -0.05) is 14.9 Å². The first-order chi connectivity index (χ1) is 7.63. The first-order valence-electron chi connectivity index (χ1n) is 5.14. The van der Waals surface area contributed by atoms with Crippen molar-refractivity contribution in [3.8, 4) is 0 Å². The second kappa shape index (κ2) is 14.8. The van der Waals surface area contributed by atoms with Gasteiger partial charge in [-0.2, -0.15) is 0 Å². The van der Waals surface area contributed by atoms with Gasteiger partial charge in [0.05, 0.1) is 33.0 Å². The standard InChI is InChI=1S/C9H21NO6.2CH4/c10-1-2-15-3-4-16-6-8(13)9(14)7(12)5-11;;/h7-9,11-14H,1-6,10H2;2*1H4. The van der Waals surface area contributed by atoms with Crippen molar-refractivity contribution in [2.24, 2.45) is 5.73 Å². The first-order valence-corrected chi connectivity index (χ1v) is 5.14. The van der Waals surface area contributed by atoms with Crippen LogP contribution in [-0.2, 0) is 9.47 Å². The molecule has 0 bridgehead atoms. The Labute approximate surface area is 109 Å². The zero-order valence-corrected chi connectivity index (χ0v) is 9.16. The van der Waals surface area contributed by atoms with Crippen molar-refractivity contribution in [2.45, 2.75) is 33.2 Å². The van der Waals surface area contributed by atoms with Gasteiger partial charge in [0, 0.05) is 6.54 Å². The Morgan fingerprint density at radius 1 is 0.889 bits per heavy atom. The molecule has 0 aromatic heterocycles. The molecule has 7 nitrogen and oxygen atoms in total. The highest BCUT2D eigenvalue weighted by atomic mass is 16.5. The smallest absolute Gasteiger partial charge is 0.110 e. The molecule has 7 heteroatoms. The van der Waals surface area contributed by atoms with Crippen molar-refractivity contribution < 1.29 is 29.9 Å². The Kier molecular flexibility index (Phi) is 18.8. The molecule has 3 atom stereocenters. The molecule has 3 unspecified atom stereocenters. The highest BCUT2D eigenvalue weighted by Crippen LogP contribution is 2.00. The summed E-state index contributed by atoms with van der Waals surface area (Å²) in [5, 5.41) is 36.1. The molecule has 0 rings (SSSR count). The van der Waals surface area contributed by atoms with Crippen LogP contribution in [0.2, 0.25) is 0 Å². The van der Waals surface area contributed by atoms with Crippen LogP contribution in [0.15, 0.2) is 0 Å². The van der Waals surface area contributed by atoms with E-state index < -0.39 is 24.9 Å². The molecule has 6 N–H and O–H groups in total. The third kappa shape index (κ3) is 10.8. The summed E-state index contributed by atoms with van der Waals surface area (Å²) in [6.45, 7) is 0.741. The predicted octanol–water partition coefficient (Wildman–Crippen LogP) is -1.67. The van der Waals surface area contributed by atoms with E-state index in [2.05, 4.69) is 0 Å². The third-order valence-electron chi connectivity index (χ3n) is 1.90. The zero-order valence-electron chi connectivity index (χ0n) is 9.16. The second-order valence-electron chi connectivity index (χ2n) is 3.28. The van der Waals surface area contributed by atoms with E-state index in [-0.39, 0.29) is 28.1 Å². The molecule has 0 saturated carbocycles. The van der Waals surface area contributed by atoms with Gasteiger partial charge in [0.15, 0.2) is 0 Å². The van der Waals surface area contributed by atoms with Gasteiger partial charge in [-0.15, -0.1) is 0 Å². The van der Waals surface area contributed by atoms with Crippen LogP contribution in [0.5, 0.6) is 0 Å². The molecule has 18 heavy (non-hydrogen) atoms. The monoisotopic (exact) mass is 271 g/mol. The minimum Gasteiger partial charge on any atom is -0.394 e. The van der Waals surface area contributed by atoms with E-state index in [9.17, 15) is 10.2 Å². The molecule has 114 valence electrons. The van der Waals surface area contributed by atoms with Crippen molar-refractivity contribution in [2.75, 3.05) is 39.6 Å². The summed E-state index contributed by atoms with van der Waals surface area (Å²) in [6.07, 6.45) is -4.03. The number of aliphatic hydroxyl groups excluding tert-OH is 4. The molecule has 0 fully saturated rings. The summed E-state index contributed by atoms with van der Waals surface area (Å²) in [5.74, 6) is 0. The Morgan fingerprint density at radius 3 is 1.94 bits per heavy atom. The van der Waals surface area contributed by atoms with Gasteiger partial charge in [0.25, 0.3) is 0 Å². The second-order valence-corrected chi connectivity index (χ2v) is 3.28. The van der Waals surface area contributed by atoms with Crippen LogP contribution in [0.25, 0.3) is 0 Å². The molecule has 0 aromatic carbocycles. The Hall–Kier alpha value is -0.280. The largest absolute Gasteiger partial charge is 0.394 e. The maximum atomic E-state index is 9.31. The Balaban J connectivity index is -0.00000112. The van der Waals surface area contributed by atoms with E-state index in [4.69, 9.17) is 25.4 Å². The van der Waals surface area contributed by atoms with E-state index in [1.54, 1.807) is 0 Å². The molecule has 0 aliphatic carbocycles. The molecule has 0 amide bonds. The molecule has 0 aliphatic heterocycles. The lowest BCUT2D eigenvalue weighted by Crippen LogP contribution is -2.42. The molecule has 0 saturated heterocycles. The fourth-order valence-corrected chi connectivity index (χ4v) is 0.970. The van der Waals surface area contributed by atoms with Crippen molar-refractivity contribution in [3.05, 3.63) is 0 Å². The van der Waals surface area contributed by atoms with E-state index in [0.717, 1.165) is 0 Å². The minimum atomic E-state index is -1.42. The molecule has 0 aromatic rings. The van der Waals surface area contributed by atoms with Gasteiger partial charge in [-0.05, 0) is 0 Å². The van der Waals surface area contributed by atoms with Gasteiger partial charge in [-0.25, -0.2) is 0 Å². The molecule has 0 aliphatic rings. The van der Waals surface area contributed by atoms with Crippen LogP contribution in [0, 0.1) is 0 Å². The van der Waals surface area contributed by atoms with Gasteiger partial charge in [0.2, 0.25) is 0 Å². The van der Waals surface area contributed by atoms with Crippen LogP contribution >= 0.6 is 0 Å². The number of hydrogen-bond donors (Lipinski definition) is 5. The number of nitrogens with two attached hydrogens (primary N) is 1. The van der Waals surface area contributed by atoms with Crippen molar-refractivity contribution in [1.29, 1.82) is 0 Å². The SMILES string of the molecule is C.C.NCCOCCOCC(O)C(O)C(O)CO. The predicted molar refractivity (Wildman–Crippen MR) is 69.3 cm³/mol. The van der Waals surface area contributed by atoms with Crippen LogP contribution in [-0.4, -0.2) is 78.3 Å². The third-order valence-corrected chi connectivity index (χ3v) is 1.90. The normalized spacial score (nSPS) is 15.2. The van der Waals surface area contributed by atoms with Crippen molar-refractivity contribution in [1.82, 2.24) is 0 Å². The highest BCUT2D eigenvalue weighted by molar-refractivity contribution is 4.74. The number of rotatable bonds is 10. The van der Waals surface area contributed by atoms with Gasteiger partial charge in [-0.3, -0.25) is 0 Å². The quantitative estimate of drug-likeness (QED) is 0.301. The number of ether oxygens (including phenoxy) is 2. The Bertz CT molecular complexity index is 160. The zero-order chi connectivity index (χ0) is 12.4. The van der Waals surface area contributed by atoms with E-state index in [1.165, 1.54) is 0 Å². The summed E-state index contributed by atoms with van der Waals surface area (Å²) in [6, 6.07) is 0. The van der Waals surface area contributed by atoms with Gasteiger partial charge >= 0.3 is 0 Å². The van der Waals surface area contributed by atoms with Crippen LogP contribution < -0.4 is 5.73 Å². The molecule has 0 radical (unpaired) electrons. The van der Waals surface area contributed by atoms with E-state index in [1.807, 2.05) is 0 Å². The fourth-order valence-electron chi connectivity index (χ4n) is 0.970. The summed E-state index contributed by atoms with van der Waals surface area (Å²) >= 11 is 0. The molecular formula is C11H29NO6. The number of aliphatic hydroxyl groups is 4. The lowest BCUT2D eigenvalue weighted by Gasteiger charge is -2.21. The lowest BCUT2D eigenvalue weighted by molar-refractivity contribution is -0.103. The molecule has 0 spiro atoms. The van der Waals surface area contributed by atoms with Crippen molar-refractivity contribution in [3.63, 3.8) is 0 Å². The average molecular weight is 271 g/mol. The molecule has 0 heterocycles.